The summed E-state index contributed by atoms with van der Waals surface area (Å²) >= 11 is 3.37. The Balaban J connectivity index is 1.88. The van der Waals surface area contributed by atoms with Crippen molar-refractivity contribution in [3.8, 4) is 0 Å². The lowest BCUT2D eigenvalue weighted by Gasteiger charge is -2.24. The maximum absolute atomic E-state index is 12.2. The third-order valence-corrected chi connectivity index (χ3v) is 4.53. The molecule has 0 bridgehead atoms. The standard InChI is InChI=1S/C17H20BrN3O4/c1-17(2,3)25-16(24)20-7-6-11(9-20)21-13-5-4-10(18)8-12(13)14(19-21)15(22)23/h4-5,8,11H,6-7,9H2,1-3H3,(H,22,23)/t11-/m0/s1. The Bertz CT molecular complexity index is 840. The van der Waals surface area contributed by atoms with Crippen LogP contribution in [0.3, 0.4) is 0 Å². The molecule has 1 aromatic heterocycles. The van der Waals surface area contributed by atoms with Gasteiger partial charge in [-0.1, -0.05) is 15.9 Å². The second-order valence-electron chi connectivity index (χ2n) is 7.13. The van der Waals surface area contributed by atoms with Crippen LogP contribution >= 0.6 is 15.9 Å². The highest BCUT2D eigenvalue weighted by Crippen LogP contribution is 2.30. The molecule has 1 aliphatic rings. The van der Waals surface area contributed by atoms with Gasteiger partial charge in [-0.15, -0.1) is 0 Å². The van der Waals surface area contributed by atoms with Gasteiger partial charge in [-0.3, -0.25) is 4.68 Å². The van der Waals surface area contributed by atoms with Crippen LogP contribution < -0.4 is 0 Å². The summed E-state index contributed by atoms with van der Waals surface area (Å²) < 4.78 is 7.92. The lowest BCUT2D eigenvalue weighted by Crippen LogP contribution is -2.35. The molecule has 25 heavy (non-hydrogen) atoms. The normalized spacial score (nSPS) is 17.9. The Kier molecular flexibility index (Phi) is 4.49. The zero-order chi connectivity index (χ0) is 18.4. The van der Waals surface area contributed by atoms with E-state index in [1.165, 1.54) is 0 Å². The van der Waals surface area contributed by atoms with E-state index in [9.17, 15) is 14.7 Å². The fourth-order valence-corrected chi connectivity index (χ4v) is 3.34. The van der Waals surface area contributed by atoms with Gasteiger partial charge in [-0.2, -0.15) is 5.10 Å². The van der Waals surface area contributed by atoms with Gasteiger partial charge < -0.3 is 14.7 Å². The summed E-state index contributed by atoms with van der Waals surface area (Å²) in [5, 5.41) is 14.3. The molecule has 0 spiro atoms. The van der Waals surface area contributed by atoms with Gasteiger partial charge in [0, 0.05) is 22.9 Å². The molecule has 0 aliphatic carbocycles. The van der Waals surface area contributed by atoms with Crippen LogP contribution in [0.4, 0.5) is 4.79 Å². The van der Waals surface area contributed by atoms with E-state index in [-0.39, 0.29) is 17.8 Å². The second kappa shape index (κ2) is 6.33. The molecule has 0 radical (unpaired) electrons. The van der Waals surface area contributed by atoms with Crippen LogP contribution in [0.5, 0.6) is 0 Å². The third kappa shape index (κ3) is 3.63. The highest BCUT2D eigenvalue weighted by molar-refractivity contribution is 9.10. The Morgan fingerprint density at radius 3 is 2.72 bits per heavy atom. The van der Waals surface area contributed by atoms with Crippen molar-refractivity contribution in [1.82, 2.24) is 14.7 Å². The van der Waals surface area contributed by atoms with E-state index in [1.54, 1.807) is 15.6 Å². The number of rotatable bonds is 2. The molecule has 1 aromatic carbocycles. The van der Waals surface area contributed by atoms with E-state index in [0.717, 1.165) is 9.99 Å². The van der Waals surface area contributed by atoms with E-state index in [1.807, 2.05) is 32.9 Å². The minimum atomic E-state index is -1.07. The highest BCUT2D eigenvalue weighted by Gasteiger charge is 2.32. The van der Waals surface area contributed by atoms with Crippen LogP contribution in [0, 0.1) is 0 Å². The number of halogens is 1. The van der Waals surface area contributed by atoms with Crippen LogP contribution in [0.15, 0.2) is 22.7 Å². The van der Waals surface area contributed by atoms with Gasteiger partial charge in [-0.05, 0) is 45.4 Å². The van der Waals surface area contributed by atoms with Crippen molar-refractivity contribution < 1.29 is 19.4 Å². The van der Waals surface area contributed by atoms with Gasteiger partial charge in [0.15, 0.2) is 5.69 Å². The number of nitrogens with zero attached hydrogens (tertiary/aromatic N) is 3. The first kappa shape index (κ1) is 17.7. The molecule has 7 nitrogen and oxygen atoms in total. The van der Waals surface area contributed by atoms with E-state index in [2.05, 4.69) is 21.0 Å². The second-order valence-corrected chi connectivity index (χ2v) is 8.04. The van der Waals surface area contributed by atoms with E-state index in [4.69, 9.17) is 4.74 Å². The fraction of sp³-hybridized carbons (Fsp3) is 0.471. The first-order valence-electron chi connectivity index (χ1n) is 8.05. The summed E-state index contributed by atoms with van der Waals surface area (Å²) in [6.07, 6.45) is 0.346. The zero-order valence-corrected chi connectivity index (χ0v) is 15.9. The van der Waals surface area contributed by atoms with Crippen LogP contribution in [-0.4, -0.2) is 50.5 Å². The number of carboxylic acids is 1. The SMILES string of the molecule is CC(C)(C)OC(=O)N1CC[C@H](n2nc(C(=O)O)c3cc(Br)ccc32)C1. The Morgan fingerprint density at radius 2 is 2.08 bits per heavy atom. The van der Waals surface area contributed by atoms with Crippen LogP contribution in [0.1, 0.15) is 43.7 Å². The number of likely N-dealkylation sites (tertiary alicyclic amines) is 1. The first-order valence-corrected chi connectivity index (χ1v) is 8.84. The van der Waals surface area contributed by atoms with E-state index < -0.39 is 11.6 Å². The molecule has 2 aromatic rings. The molecule has 1 fully saturated rings. The van der Waals surface area contributed by atoms with Crippen molar-refractivity contribution >= 4 is 38.9 Å². The Hall–Kier alpha value is -2.09. The average molecular weight is 410 g/mol. The monoisotopic (exact) mass is 409 g/mol. The highest BCUT2D eigenvalue weighted by atomic mass is 79.9. The topological polar surface area (TPSA) is 84.7 Å². The molecular weight excluding hydrogens is 390 g/mol. The summed E-state index contributed by atoms with van der Waals surface area (Å²) in [4.78, 5) is 25.4. The molecule has 1 N–H and O–H groups in total. The molecule has 134 valence electrons. The number of carbonyl (C=O) groups excluding carboxylic acids is 1. The summed E-state index contributed by atoms with van der Waals surface area (Å²) in [5.41, 5.74) is 0.222. The number of carboxylic acid groups (broad SMARTS) is 1. The zero-order valence-electron chi connectivity index (χ0n) is 14.3. The van der Waals surface area contributed by atoms with Crippen LogP contribution in [0.2, 0.25) is 0 Å². The van der Waals surface area contributed by atoms with Gasteiger partial charge in [0.1, 0.15) is 5.60 Å². The largest absolute Gasteiger partial charge is 0.476 e. The summed E-state index contributed by atoms with van der Waals surface area (Å²) in [7, 11) is 0. The fourth-order valence-electron chi connectivity index (χ4n) is 2.98. The van der Waals surface area contributed by atoms with Gasteiger partial charge in [0.05, 0.1) is 11.6 Å². The van der Waals surface area contributed by atoms with Crippen LogP contribution in [-0.2, 0) is 4.74 Å². The van der Waals surface area contributed by atoms with E-state index >= 15 is 0 Å². The summed E-state index contributed by atoms with van der Waals surface area (Å²) in [5.74, 6) is -1.07. The lowest BCUT2D eigenvalue weighted by molar-refractivity contribution is 0.0288. The van der Waals surface area contributed by atoms with Crippen molar-refractivity contribution in [3.05, 3.63) is 28.4 Å². The van der Waals surface area contributed by atoms with Crippen molar-refractivity contribution in [2.24, 2.45) is 0 Å². The lowest BCUT2D eigenvalue weighted by atomic mass is 10.2. The van der Waals surface area contributed by atoms with Gasteiger partial charge >= 0.3 is 12.1 Å². The molecule has 1 saturated heterocycles. The minimum Gasteiger partial charge on any atom is -0.476 e. The number of fused-ring (bicyclic) bond motifs is 1. The number of aromatic nitrogens is 2. The molecule has 8 heteroatoms. The quantitative estimate of drug-likeness (QED) is 0.817. The molecule has 0 unspecified atom stereocenters. The molecular formula is C17H20BrN3O4. The summed E-state index contributed by atoms with van der Waals surface area (Å²) in [6, 6.07) is 5.37. The number of benzene rings is 1. The Morgan fingerprint density at radius 1 is 1.36 bits per heavy atom. The van der Waals surface area contributed by atoms with Gasteiger partial charge in [0.25, 0.3) is 0 Å². The minimum absolute atomic E-state index is 0.0204. The van der Waals surface area contributed by atoms with Crippen molar-refractivity contribution in [1.29, 1.82) is 0 Å². The molecule has 3 rings (SSSR count). The van der Waals surface area contributed by atoms with E-state index in [0.29, 0.717) is 24.9 Å². The number of aromatic carboxylic acids is 1. The maximum atomic E-state index is 12.2. The molecule has 1 atom stereocenters. The Labute approximate surface area is 153 Å². The number of ether oxygens (including phenoxy) is 1. The van der Waals surface area contributed by atoms with Crippen molar-refractivity contribution in [3.63, 3.8) is 0 Å². The molecule has 1 aliphatic heterocycles. The molecule has 0 saturated carbocycles. The predicted molar refractivity (Wildman–Crippen MR) is 95.9 cm³/mol. The predicted octanol–water partition coefficient (Wildman–Crippen LogP) is 3.68. The van der Waals surface area contributed by atoms with Gasteiger partial charge in [-0.25, -0.2) is 9.59 Å². The maximum Gasteiger partial charge on any atom is 0.410 e. The molecule has 2 heterocycles. The van der Waals surface area contributed by atoms with Gasteiger partial charge in [0.2, 0.25) is 0 Å². The number of hydrogen-bond donors (Lipinski definition) is 1. The number of amides is 1. The van der Waals surface area contributed by atoms with Crippen molar-refractivity contribution in [2.45, 2.75) is 38.8 Å². The first-order chi connectivity index (χ1) is 11.7. The van der Waals surface area contributed by atoms with Crippen LogP contribution in [0.25, 0.3) is 10.9 Å². The average Bonchev–Trinajstić information content (AvgIpc) is 3.08. The third-order valence-electron chi connectivity index (χ3n) is 4.03. The summed E-state index contributed by atoms with van der Waals surface area (Å²) in [6.45, 7) is 6.49. The van der Waals surface area contributed by atoms with Crippen molar-refractivity contribution in [2.75, 3.05) is 13.1 Å². The number of hydrogen-bond acceptors (Lipinski definition) is 4. The number of carbonyl (C=O) groups is 2. The smallest absolute Gasteiger partial charge is 0.410 e. The molecule has 1 amide bonds.